The fourth-order valence-corrected chi connectivity index (χ4v) is 6.40. The molecule has 9 heteroatoms. The Bertz CT molecular complexity index is 895. The Kier molecular flexibility index (Phi) is 36.5. The summed E-state index contributed by atoms with van der Waals surface area (Å²) in [5, 5.41) is 22.5. The molecule has 4 N–H and O–H groups in total. The summed E-state index contributed by atoms with van der Waals surface area (Å²) in [4.78, 5) is 47.5. The van der Waals surface area contributed by atoms with Crippen LogP contribution in [0.2, 0.25) is 0 Å². The smallest absolute Gasteiger partial charge is 0.328 e. The van der Waals surface area contributed by atoms with Crippen LogP contribution in [0.5, 0.6) is 0 Å². The Morgan fingerprint density at radius 3 is 1.50 bits per heavy atom. The van der Waals surface area contributed by atoms with Crippen molar-refractivity contribution in [2.24, 2.45) is 0 Å². The molecule has 0 rings (SSSR count). The van der Waals surface area contributed by atoms with E-state index in [0.717, 1.165) is 64.2 Å². The van der Waals surface area contributed by atoms with Gasteiger partial charge in [0.25, 0.3) is 0 Å². The van der Waals surface area contributed by atoms with Crippen molar-refractivity contribution in [1.82, 2.24) is 10.6 Å². The number of carbonyl (C=O) groups is 4. The molecule has 0 spiro atoms. The fourth-order valence-electron chi connectivity index (χ4n) is 6.40. The molecule has 0 fully saturated rings. The van der Waals surface area contributed by atoms with Crippen molar-refractivity contribution in [1.29, 1.82) is 0 Å². The average molecular weight is 737 g/mol. The van der Waals surface area contributed by atoms with Crippen LogP contribution in [0, 0.1) is 0 Å². The molecule has 304 valence electrons. The Hall–Kier alpha value is -2.42. The first-order valence-electron chi connectivity index (χ1n) is 21.6. The summed E-state index contributed by atoms with van der Waals surface area (Å²) in [6, 6.07) is -1.38. The van der Waals surface area contributed by atoms with Crippen molar-refractivity contribution in [2.75, 3.05) is 13.2 Å². The van der Waals surface area contributed by atoms with Crippen LogP contribution in [0.15, 0.2) is 12.2 Å². The summed E-state index contributed by atoms with van der Waals surface area (Å²) in [6.07, 6.45) is 39.5. The van der Waals surface area contributed by atoms with Gasteiger partial charge >= 0.3 is 11.9 Å². The molecule has 0 saturated carbocycles. The van der Waals surface area contributed by atoms with Gasteiger partial charge in [-0.3, -0.25) is 14.4 Å². The highest BCUT2D eigenvalue weighted by Gasteiger charge is 2.19. The van der Waals surface area contributed by atoms with Crippen LogP contribution in [0.1, 0.15) is 213 Å². The number of esters is 1. The maximum atomic E-state index is 12.7. The lowest BCUT2D eigenvalue weighted by molar-refractivity contribution is -0.150. The third kappa shape index (κ3) is 34.7. The highest BCUT2D eigenvalue weighted by atomic mass is 16.5. The highest BCUT2D eigenvalue weighted by molar-refractivity contribution is 5.87. The van der Waals surface area contributed by atoms with E-state index in [1.54, 1.807) is 0 Å². The van der Waals surface area contributed by atoms with Crippen LogP contribution in [0.3, 0.4) is 0 Å². The number of carboxylic acid groups (broad SMARTS) is 1. The van der Waals surface area contributed by atoms with Crippen LogP contribution in [0.4, 0.5) is 0 Å². The zero-order chi connectivity index (χ0) is 38.3. The molecule has 2 atom stereocenters. The number of amides is 2. The van der Waals surface area contributed by atoms with Gasteiger partial charge in [-0.05, 0) is 57.8 Å². The molecule has 0 heterocycles. The van der Waals surface area contributed by atoms with Crippen LogP contribution < -0.4 is 10.6 Å². The molecule has 0 aliphatic carbocycles. The maximum Gasteiger partial charge on any atom is 0.328 e. The van der Waals surface area contributed by atoms with Gasteiger partial charge in [-0.25, -0.2) is 4.79 Å². The van der Waals surface area contributed by atoms with E-state index in [0.29, 0.717) is 19.3 Å². The largest absolute Gasteiger partial charge is 0.480 e. The second kappa shape index (κ2) is 38.3. The van der Waals surface area contributed by atoms with Crippen LogP contribution in [-0.4, -0.2) is 59.3 Å². The summed E-state index contributed by atoms with van der Waals surface area (Å²) in [5.74, 6) is -2.29. The molecule has 0 aromatic rings. The van der Waals surface area contributed by atoms with E-state index in [2.05, 4.69) is 36.6 Å². The van der Waals surface area contributed by atoms with E-state index in [4.69, 9.17) is 14.9 Å². The minimum Gasteiger partial charge on any atom is -0.480 e. The van der Waals surface area contributed by atoms with E-state index >= 15 is 0 Å². The minimum atomic E-state index is -1.38. The molecule has 9 nitrogen and oxygen atoms in total. The summed E-state index contributed by atoms with van der Waals surface area (Å²) in [6.45, 7) is 3.46. The zero-order valence-corrected chi connectivity index (χ0v) is 33.6. The number of allylic oxidation sites excluding steroid dienone is 2. The first-order valence-corrected chi connectivity index (χ1v) is 21.6. The molecule has 0 radical (unpaired) electrons. The van der Waals surface area contributed by atoms with Gasteiger partial charge < -0.3 is 25.6 Å². The molecule has 0 bridgehead atoms. The third-order valence-electron chi connectivity index (χ3n) is 9.76. The van der Waals surface area contributed by atoms with E-state index < -0.39 is 24.5 Å². The van der Waals surface area contributed by atoms with Crippen molar-refractivity contribution >= 4 is 23.8 Å². The predicted octanol–water partition coefficient (Wildman–Crippen LogP) is 10.3. The fraction of sp³-hybridized carbons (Fsp3) is 0.860. The second-order valence-corrected chi connectivity index (χ2v) is 14.8. The maximum absolute atomic E-state index is 12.7. The van der Waals surface area contributed by atoms with E-state index in [9.17, 15) is 19.2 Å². The monoisotopic (exact) mass is 737 g/mol. The Morgan fingerprint density at radius 1 is 0.558 bits per heavy atom. The Labute approximate surface area is 318 Å². The minimum absolute atomic E-state index is 0.0109. The number of hydrogen-bond donors (Lipinski definition) is 4. The van der Waals surface area contributed by atoms with Crippen LogP contribution >= 0.6 is 0 Å². The molecular weight excluding hydrogens is 656 g/mol. The zero-order valence-electron chi connectivity index (χ0n) is 33.6. The van der Waals surface area contributed by atoms with Gasteiger partial charge in [-0.1, -0.05) is 154 Å². The lowest BCUT2D eigenvalue weighted by Crippen LogP contribution is -2.47. The lowest BCUT2D eigenvalue weighted by Gasteiger charge is -2.18. The van der Waals surface area contributed by atoms with Gasteiger partial charge in [0.05, 0.1) is 13.2 Å². The number of nitrogens with one attached hydrogen (secondary N) is 2. The molecule has 0 aliphatic heterocycles. The summed E-state index contributed by atoms with van der Waals surface area (Å²) in [7, 11) is 0. The standard InChI is InChI=1S/C43H80N2O7/c1-3-5-7-9-11-13-15-16-18-19-21-24-28-32-38(52-42(49)35-31-27-22-20-17-14-12-10-8-6-4-2)33-29-25-23-26-30-34-40(47)44-36-41(48)45-39(37-46)43(50)51/h10,12,38-39,46H,3-9,11,13-37H2,1-2H3,(H,44,47)(H,45,48)(H,50,51)/b12-10-. The second-order valence-electron chi connectivity index (χ2n) is 14.8. The van der Waals surface area contributed by atoms with Gasteiger partial charge in [0.1, 0.15) is 12.1 Å². The third-order valence-corrected chi connectivity index (χ3v) is 9.76. The van der Waals surface area contributed by atoms with Gasteiger partial charge in [0, 0.05) is 12.8 Å². The number of carboxylic acids is 1. The van der Waals surface area contributed by atoms with E-state index in [1.165, 1.54) is 116 Å². The number of rotatable bonds is 39. The van der Waals surface area contributed by atoms with E-state index in [1.807, 2.05) is 0 Å². The normalized spacial score (nSPS) is 12.5. The predicted molar refractivity (Wildman–Crippen MR) is 213 cm³/mol. The molecule has 0 aromatic heterocycles. The number of aliphatic hydroxyl groups is 1. The molecule has 2 unspecified atom stereocenters. The van der Waals surface area contributed by atoms with Crippen molar-refractivity contribution < 1.29 is 34.1 Å². The molecular formula is C43H80N2O7. The molecule has 0 aromatic carbocycles. The number of carbonyl (C=O) groups excluding carboxylic acids is 3. The Morgan fingerprint density at radius 2 is 1.00 bits per heavy atom. The van der Waals surface area contributed by atoms with Gasteiger partial charge in [0.2, 0.25) is 11.8 Å². The van der Waals surface area contributed by atoms with Crippen molar-refractivity contribution in [3.8, 4) is 0 Å². The van der Waals surface area contributed by atoms with Gasteiger partial charge in [-0.2, -0.15) is 0 Å². The highest BCUT2D eigenvalue weighted by Crippen LogP contribution is 2.19. The summed E-state index contributed by atoms with van der Waals surface area (Å²) < 4.78 is 6.02. The molecule has 0 saturated heterocycles. The van der Waals surface area contributed by atoms with Gasteiger partial charge in [-0.15, -0.1) is 0 Å². The number of unbranched alkanes of at least 4 members (excludes halogenated alkanes) is 23. The average Bonchev–Trinajstić information content (AvgIpc) is 3.13. The number of aliphatic carboxylic acids is 1. The van der Waals surface area contributed by atoms with E-state index in [-0.39, 0.29) is 24.5 Å². The molecule has 52 heavy (non-hydrogen) atoms. The summed E-state index contributed by atoms with van der Waals surface area (Å²) in [5.41, 5.74) is 0. The quantitative estimate of drug-likeness (QED) is 0.0279. The van der Waals surface area contributed by atoms with Crippen molar-refractivity contribution in [3.05, 3.63) is 12.2 Å². The summed E-state index contributed by atoms with van der Waals surface area (Å²) >= 11 is 0. The number of hydrogen-bond acceptors (Lipinski definition) is 6. The van der Waals surface area contributed by atoms with Crippen molar-refractivity contribution in [2.45, 2.75) is 225 Å². The first-order chi connectivity index (χ1) is 25.3. The van der Waals surface area contributed by atoms with Gasteiger partial charge in [0.15, 0.2) is 0 Å². The SMILES string of the molecule is CCCC/C=C\CCCCCCCC(=O)OC(CCCCCCCCCCCCCCC)CCCCCCCC(=O)NCC(=O)NC(CO)C(=O)O. The van der Waals surface area contributed by atoms with Crippen LogP contribution in [-0.2, 0) is 23.9 Å². The van der Waals surface area contributed by atoms with Crippen LogP contribution in [0.25, 0.3) is 0 Å². The van der Waals surface area contributed by atoms with Crippen molar-refractivity contribution in [3.63, 3.8) is 0 Å². The molecule has 2 amide bonds. The number of aliphatic hydroxyl groups excluding tert-OH is 1. The Balaban J connectivity index is 4.30. The lowest BCUT2D eigenvalue weighted by atomic mass is 10.0. The topological polar surface area (TPSA) is 142 Å². The number of ether oxygens (including phenoxy) is 1. The molecule has 0 aliphatic rings. The first kappa shape index (κ1) is 49.6.